The van der Waals surface area contributed by atoms with Gasteiger partial charge < -0.3 is 9.64 Å². The van der Waals surface area contributed by atoms with E-state index in [2.05, 4.69) is 6.07 Å². The van der Waals surface area contributed by atoms with Gasteiger partial charge in [0, 0.05) is 6.54 Å². The maximum absolute atomic E-state index is 12.5. The molecule has 106 valence electrons. The molecule has 0 N–H and O–H groups in total. The highest BCUT2D eigenvalue weighted by molar-refractivity contribution is 5.88. The van der Waals surface area contributed by atoms with E-state index in [1.165, 1.54) is 4.90 Å². The summed E-state index contributed by atoms with van der Waals surface area (Å²) >= 11 is 0. The minimum absolute atomic E-state index is 0.0629. The molecule has 1 aliphatic rings. The molecule has 0 unspecified atom stereocenters. The molecule has 0 aliphatic heterocycles. The van der Waals surface area contributed by atoms with Gasteiger partial charge >= 0.3 is 5.97 Å². The highest BCUT2D eigenvalue weighted by Gasteiger charge is 2.42. The molecule has 0 aromatic heterocycles. The van der Waals surface area contributed by atoms with E-state index in [-0.39, 0.29) is 12.5 Å². The fourth-order valence-corrected chi connectivity index (χ4v) is 2.52. The summed E-state index contributed by atoms with van der Waals surface area (Å²) in [5.41, 5.74) is -0.930. The van der Waals surface area contributed by atoms with Crippen molar-refractivity contribution in [1.82, 2.24) is 4.90 Å². The number of rotatable bonds is 5. The standard InChI is InChI=1S/C14H22N2O3/c1-3-16(10-12(17)19-4-2)13(18)14(11-15)8-6-5-7-9-14/h3-10H2,1-2H3. The molecule has 5 nitrogen and oxygen atoms in total. The third kappa shape index (κ3) is 3.69. The summed E-state index contributed by atoms with van der Waals surface area (Å²) in [5, 5.41) is 9.38. The molecular formula is C14H22N2O3. The van der Waals surface area contributed by atoms with Crippen LogP contribution in [0.4, 0.5) is 0 Å². The van der Waals surface area contributed by atoms with E-state index < -0.39 is 11.4 Å². The fraction of sp³-hybridized carbons (Fsp3) is 0.786. The monoisotopic (exact) mass is 266 g/mol. The van der Waals surface area contributed by atoms with E-state index in [1.54, 1.807) is 6.92 Å². The molecule has 0 bridgehead atoms. The second-order valence-corrected chi connectivity index (χ2v) is 4.88. The minimum atomic E-state index is -0.930. The summed E-state index contributed by atoms with van der Waals surface area (Å²) in [4.78, 5) is 25.4. The van der Waals surface area contributed by atoms with Crippen LogP contribution in [0.2, 0.25) is 0 Å². The predicted octanol–water partition coefficient (Wildman–Crippen LogP) is 1.87. The predicted molar refractivity (Wildman–Crippen MR) is 70.0 cm³/mol. The van der Waals surface area contributed by atoms with Gasteiger partial charge in [0.25, 0.3) is 0 Å². The molecule has 0 heterocycles. The van der Waals surface area contributed by atoms with Gasteiger partial charge in [-0.3, -0.25) is 9.59 Å². The van der Waals surface area contributed by atoms with E-state index in [0.29, 0.717) is 26.0 Å². The lowest BCUT2D eigenvalue weighted by atomic mass is 9.74. The maximum Gasteiger partial charge on any atom is 0.325 e. The van der Waals surface area contributed by atoms with Crippen LogP contribution in [-0.4, -0.2) is 36.5 Å². The Morgan fingerprint density at radius 2 is 1.89 bits per heavy atom. The molecule has 0 atom stereocenters. The number of nitrogens with zero attached hydrogens (tertiary/aromatic N) is 2. The molecule has 1 aliphatic carbocycles. The maximum atomic E-state index is 12.5. The Bertz CT molecular complexity index is 367. The van der Waals surface area contributed by atoms with Crippen LogP contribution >= 0.6 is 0 Å². The van der Waals surface area contributed by atoms with Crippen LogP contribution in [-0.2, 0) is 14.3 Å². The molecule has 1 amide bonds. The van der Waals surface area contributed by atoms with Gasteiger partial charge in [-0.25, -0.2) is 0 Å². The largest absolute Gasteiger partial charge is 0.465 e. The van der Waals surface area contributed by atoms with Crippen molar-refractivity contribution in [3.8, 4) is 6.07 Å². The van der Waals surface area contributed by atoms with Crippen molar-refractivity contribution < 1.29 is 14.3 Å². The van der Waals surface area contributed by atoms with Crippen molar-refractivity contribution in [3.63, 3.8) is 0 Å². The van der Waals surface area contributed by atoms with Crippen LogP contribution in [0.5, 0.6) is 0 Å². The lowest BCUT2D eigenvalue weighted by molar-refractivity contribution is -0.152. The van der Waals surface area contributed by atoms with E-state index >= 15 is 0 Å². The van der Waals surface area contributed by atoms with Crippen molar-refractivity contribution in [2.45, 2.75) is 46.0 Å². The highest BCUT2D eigenvalue weighted by atomic mass is 16.5. The van der Waals surface area contributed by atoms with Crippen molar-refractivity contribution >= 4 is 11.9 Å². The van der Waals surface area contributed by atoms with Crippen molar-refractivity contribution in [2.75, 3.05) is 19.7 Å². The van der Waals surface area contributed by atoms with Crippen LogP contribution in [0.1, 0.15) is 46.0 Å². The van der Waals surface area contributed by atoms with Gasteiger partial charge in [0.05, 0.1) is 12.7 Å². The first-order valence-electron chi connectivity index (χ1n) is 6.96. The first-order chi connectivity index (χ1) is 9.09. The second-order valence-electron chi connectivity index (χ2n) is 4.88. The topological polar surface area (TPSA) is 70.4 Å². The van der Waals surface area contributed by atoms with E-state index in [0.717, 1.165) is 19.3 Å². The fourth-order valence-electron chi connectivity index (χ4n) is 2.52. The molecule has 0 spiro atoms. The van der Waals surface area contributed by atoms with Gasteiger partial charge in [-0.2, -0.15) is 5.26 Å². The van der Waals surface area contributed by atoms with Crippen molar-refractivity contribution in [1.29, 1.82) is 5.26 Å². The number of carbonyl (C=O) groups is 2. The van der Waals surface area contributed by atoms with Crippen molar-refractivity contribution in [2.24, 2.45) is 5.41 Å². The number of nitriles is 1. The Balaban J connectivity index is 2.76. The number of carbonyl (C=O) groups excluding carboxylic acids is 2. The normalized spacial score (nSPS) is 17.3. The van der Waals surface area contributed by atoms with Gasteiger partial charge in [0.1, 0.15) is 12.0 Å². The Labute approximate surface area is 114 Å². The Morgan fingerprint density at radius 3 is 2.37 bits per heavy atom. The third-order valence-electron chi connectivity index (χ3n) is 3.62. The number of esters is 1. The average molecular weight is 266 g/mol. The van der Waals surface area contributed by atoms with Gasteiger partial charge in [-0.15, -0.1) is 0 Å². The van der Waals surface area contributed by atoms with Crippen LogP contribution in [0.25, 0.3) is 0 Å². The van der Waals surface area contributed by atoms with E-state index in [1.807, 2.05) is 6.92 Å². The molecule has 1 fully saturated rings. The quantitative estimate of drug-likeness (QED) is 0.712. The van der Waals surface area contributed by atoms with Crippen LogP contribution in [0.15, 0.2) is 0 Å². The van der Waals surface area contributed by atoms with Crippen LogP contribution in [0.3, 0.4) is 0 Å². The molecule has 1 rings (SSSR count). The number of hydrogen-bond acceptors (Lipinski definition) is 4. The number of likely N-dealkylation sites (N-methyl/N-ethyl adjacent to an activating group) is 1. The van der Waals surface area contributed by atoms with Crippen LogP contribution in [0, 0.1) is 16.7 Å². The zero-order chi connectivity index (χ0) is 14.3. The molecule has 5 heteroatoms. The first kappa shape index (κ1) is 15.5. The number of hydrogen-bond donors (Lipinski definition) is 0. The number of amides is 1. The molecule has 0 saturated heterocycles. The minimum Gasteiger partial charge on any atom is -0.465 e. The average Bonchev–Trinajstić information content (AvgIpc) is 2.45. The summed E-state index contributed by atoms with van der Waals surface area (Å²) in [6.45, 7) is 4.20. The van der Waals surface area contributed by atoms with Gasteiger partial charge in [0.15, 0.2) is 0 Å². The second kappa shape index (κ2) is 7.13. The summed E-state index contributed by atoms with van der Waals surface area (Å²) in [6.07, 6.45) is 4.07. The third-order valence-corrected chi connectivity index (χ3v) is 3.62. The smallest absolute Gasteiger partial charge is 0.325 e. The molecular weight excluding hydrogens is 244 g/mol. The molecule has 0 radical (unpaired) electrons. The van der Waals surface area contributed by atoms with Gasteiger partial charge in [0.2, 0.25) is 5.91 Å². The molecule has 1 saturated carbocycles. The lowest BCUT2D eigenvalue weighted by Gasteiger charge is -2.33. The van der Waals surface area contributed by atoms with E-state index in [4.69, 9.17) is 4.74 Å². The molecule has 0 aromatic rings. The van der Waals surface area contributed by atoms with Gasteiger partial charge in [-0.05, 0) is 26.7 Å². The lowest BCUT2D eigenvalue weighted by Crippen LogP contribution is -2.46. The summed E-state index contributed by atoms with van der Waals surface area (Å²) in [5.74, 6) is -0.633. The summed E-state index contributed by atoms with van der Waals surface area (Å²) in [6, 6.07) is 2.19. The first-order valence-corrected chi connectivity index (χ1v) is 6.96. The van der Waals surface area contributed by atoms with E-state index in [9.17, 15) is 14.9 Å². The Hall–Kier alpha value is -1.57. The van der Waals surface area contributed by atoms with Crippen molar-refractivity contribution in [3.05, 3.63) is 0 Å². The zero-order valence-corrected chi connectivity index (χ0v) is 11.8. The Morgan fingerprint density at radius 1 is 1.26 bits per heavy atom. The zero-order valence-electron chi connectivity index (χ0n) is 11.8. The molecule has 19 heavy (non-hydrogen) atoms. The molecule has 0 aromatic carbocycles. The summed E-state index contributed by atoms with van der Waals surface area (Å²) in [7, 11) is 0. The Kier molecular flexibility index (Phi) is 5.81. The number of ether oxygens (including phenoxy) is 1. The summed E-state index contributed by atoms with van der Waals surface area (Å²) < 4.78 is 4.86. The van der Waals surface area contributed by atoms with Gasteiger partial charge in [-0.1, -0.05) is 19.3 Å². The van der Waals surface area contributed by atoms with Crippen LogP contribution < -0.4 is 0 Å². The highest BCUT2D eigenvalue weighted by Crippen LogP contribution is 2.37. The SMILES string of the molecule is CCOC(=O)CN(CC)C(=O)C1(C#N)CCCCC1.